The molecule has 1 heterocycles. The molecule has 1 saturated heterocycles. The molecule has 0 aromatic rings. The molecule has 1 fully saturated rings. The average Bonchev–Trinajstić information content (AvgIpc) is 2.78. The van der Waals surface area contributed by atoms with E-state index in [2.05, 4.69) is 5.32 Å². The van der Waals surface area contributed by atoms with Crippen molar-refractivity contribution in [2.24, 2.45) is 11.7 Å². The Kier molecular flexibility index (Phi) is 7.42. The third-order valence-electron chi connectivity index (χ3n) is 3.84. The molecular weight excluding hydrogens is 279 g/mol. The first kappa shape index (κ1) is 17.9. The first-order valence-corrected chi connectivity index (χ1v) is 8.55. The van der Waals surface area contributed by atoms with E-state index in [-0.39, 0.29) is 19.4 Å². The van der Waals surface area contributed by atoms with Gasteiger partial charge in [0.05, 0.1) is 0 Å². The van der Waals surface area contributed by atoms with E-state index in [4.69, 9.17) is 10.8 Å². The van der Waals surface area contributed by atoms with Crippen molar-refractivity contribution in [2.75, 3.05) is 40.3 Å². The molecule has 0 aromatic heterocycles. The van der Waals surface area contributed by atoms with Crippen molar-refractivity contribution in [3.8, 4) is 0 Å². The molecule has 4 N–H and O–H groups in total. The maximum atomic E-state index is 12.4. The van der Waals surface area contributed by atoms with Gasteiger partial charge in [0.2, 0.25) is 0 Å². The highest BCUT2D eigenvalue weighted by atomic mass is 32.2. The van der Waals surface area contributed by atoms with Gasteiger partial charge in [0.15, 0.2) is 0 Å². The number of hydrogen-bond acceptors (Lipinski definition) is 5. The van der Waals surface area contributed by atoms with Crippen LogP contribution in [-0.2, 0) is 10.2 Å². The van der Waals surface area contributed by atoms with E-state index in [1.165, 1.54) is 8.61 Å². The second kappa shape index (κ2) is 8.30. The number of nitrogens with one attached hydrogen (secondary N) is 1. The second-order valence-electron chi connectivity index (χ2n) is 5.39. The largest absolute Gasteiger partial charge is 0.454 e. The van der Waals surface area contributed by atoms with Crippen LogP contribution in [0.2, 0.25) is 6.32 Å². The average molecular weight is 306 g/mol. The summed E-state index contributed by atoms with van der Waals surface area (Å²) < 4.78 is 27.6. The van der Waals surface area contributed by atoms with Gasteiger partial charge in [-0.05, 0) is 19.4 Å². The van der Waals surface area contributed by atoms with Crippen molar-refractivity contribution in [3.63, 3.8) is 0 Å². The van der Waals surface area contributed by atoms with Crippen molar-refractivity contribution < 1.29 is 13.4 Å². The van der Waals surface area contributed by atoms with Gasteiger partial charge in [-0.15, -0.1) is 0 Å². The minimum atomic E-state index is -3.41. The SMILES string of the molecule is CNCCN(C)S(=O)(=O)N1C[C@H](CCCBO)[C@@H](N)C1. The summed E-state index contributed by atoms with van der Waals surface area (Å²) in [4.78, 5) is 0. The third kappa shape index (κ3) is 4.68. The molecule has 118 valence electrons. The molecule has 9 heteroatoms. The van der Waals surface area contributed by atoms with Crippen LogP contribution in [-0.4, -0.2) is 75.9 Å². The van der Waals surface area contributed by atoms with Crippen molar-refractivity contribution >= 4 is 17.7 Å². The quantitative estimate of drug-likeness (QED) is 0.344. The van der Waals surface area contributed by atoms with Gasteiger partial charge >= 0.3 is 0 Å². The van der Waals surface area contributed by atoms with E-state index < -0.39 is 10.2 Å². The van der Waals surface area contributed by atoms with Crippen LogP contribution in [0.25, 0.3) is 0 Å². The Balaban J connectivity index is 2.55. The van der Waals surface area contributed by atoms with Crippen LogP contribution in [0.4, 0.5) is 0 Å². The molecule has 1 aliphatic rings. The number of hydrogen-bond donors (Lipinski definition) is 3. The number of rotatable bonds is 9. The normalized spacial score (nSPS) is 24.4. The fraction of sp³-hybridized carbons (Fsp3) is 1.00. The highest BCUT2D eigenvalue weighted by Crippen LogP contribution is 2.24. The maximum absolute atomic E-state index is 12.4. The lowest BCUT2D eigenvalue weighted by Crippen LogP contribution is -2.43. The smallest absolute Gasteiger partial charge is 0.281 e. The molecular formula is C11H27BN4O3S. The van der Waals surface area contributed by atoms with Crippen LogP contribution < -0.4 is 11.1 Å². The van der Waals surface area contributed by atoms with Crippen LogP contribution in [0.15, 0.2) is 0 Å². The van der Waals surface area contributed by atoms with Crippen molar-refractivity contribution in [1.29, 1.82) is 0 Å². The Labute approximate surface area is 123 Å². The summed E-state index contributed by atoms with van der Waals surface area (Å²) in [5, 5.41) is 11.7. The summed E-state index contributed by atoms with van der Waals surface area (Å²) in [7, 11) is 0.157. The second-order valence-corrected chi connectivity index (χ2v) is 7.43. The molecule has 0 bridgehead atoms. The Morgan fingerprint density at radius 2 is 2.20 bits per heavy atom. The Morgan fingerprint density at radius 3 is 2.80 bits per heavy atom. The van der Waals surface area contributed by atoms with Gasteiger partial charge in [-0.1, -0.05) is 12.7 Å². The van der Waals surface area contributed by atoms with E-state index in [1.807, 2.05) is 0 Å². The zero-order valence-corrected chi connectivity index (χ0v) is 13.3. The van der Waals surface area contributed by atoms with Gasteiger partial charge < -0.3 is 16.1 Å². The van der Waals surface area contributed by atoms with Crippen molar-refractivity contribution in [3.05, 3.63) is 0 Å². The summed E-state index contributed by atoms with van der Waals surface area (Å²) in [6, 6.07) is -0.110. The molecule has 0 spiro atoms. The van der Waals surface area contributed by atoms with Gasteiger partial charge in [0.1, 0.15) is 0 Å². The van der Waals surface area contributed by atoms with E-state index in [9.17, 15) is 8.42 Å². The predicted octanol–water partition coefficient (Wildman–Crippen LogP) is -1.82. The predicted molar refractivity (Wildman–Crippen MR) is 81.9 cm³/mol. The van der Waals surface area contributed by atoms with Crippen LogP contribution in [0.5, 0.6) is 0 Å². The Hall–Kier alpha value is -0.185. The molecule has 0 amide bonds. The molecule has 0 aromatic carbocycles. The van der Waals surface area contributed by atoms with Crippen molar-refractivity contribution in [1.82, 2.24) is 13.9 Å². The standard InChI is InChI=1S/C11H27BN4O3S/c1-14-6-7-15(2)20(18,19)16-8-10(11(13)9-16)4-3-5-12-17/h10-12,14,17H,3-9,13H2,1-2H3/t10-,11-/m0/s1. The summed E-state index contributed by atoms with van der Waals surface area (Å²) in [5.41, 5.74) is 6.05. The minimum absolute atomic E-state index is 0.110. The summed E-state index contributed by atoms with van der Waals surface area (Å²) in [5.74, 6) is 0.189. The number of nitrogens with zero attached hydrogens (tertiary/aromatic N) is 2. The summed E-state index contributed by atoms with van der Waals surface area (Å²) in [6.45, 7) is 1.93. The highest BCUT2D eigenvalue weighted by Gasteiger charge is 2.38. The maximum Gasteiger partial charge on any atom is 0.281 e. The monoisotopic (exact) mass is 306 g/mol. The van der Waals surface area contributed by atoms with E-state index >= 15 is 0 Å². The molecule has 1 aliphatic heterocycles. The van der Waals surface area contributed by atoms with Crippen LogP contribution >= 0.6 is 0 Å². The van der Waals surface area contributed by atoms with E-state index in [0.717, 1.165) is 19.2 Å². The van der Waals surface area contributed by atoms with Gasteiger partial charge in [-0.2, -0.15) is 17.0 Å². The molecule has 2 atom stereocenters. The molecule has 20 heavy (non-hydrogen) atoms. The lowest BCUT2D eigenvalue weighted by Gasteiger charge is -2.24. The first-order chi connectivity index (χ1) is 9.43. The van der Waals surface area contributed by atoms with Crippen LogP contribution in [0, 0.1) is 5.92 Å². The van der Waals surface area contributed by atoms with Gasteiger partial charge in [0.25, 0.3) is 17.7 Å². The highest BCUT2D eigenvalue weighted by molar-refractivity contribution is 7.86. The van der Waals surface area contributed by atoms with E-state index in [0.29, 0.717) is 26.2 Å². The van der Waals surface area contributed by atoms with Crippen molar-refractivity contribution in [2.45, 2.75) is 25.2 Å². The Morgan fingerprint density at radius 1 is 1.50 bits per heavy atom. The fourth-order valence-corrected chi connectivity index (χ4v) is 3.91. The lowest BCUT2D eigenvalue weighted by molar-refractivity contribution is 0.382. The van der Waals surface area contributed by atoms with Crippen LogP contribution in [0.3, 0.4) is 0 Å². The zero-order chi connectivity index (χ0) is 15.2. The van der Waals surface area contributed by atoms with Gasteiger partial charge in [-0.3, -0.25) is 0 Å². The molecule has 0 saturated carbocycles. The zero-order valence-electron chi connectivity index (χ0n) is 12.5. The first-order valence-electron chi connectivity index (χ1n) is 7.16. The molecule has 7 nitrogen and oxygen atoms in total. The molecule has 1 rings (SSSR count). The van der Waals surface area contributed by atoms with Gasteiger partial charge in [-0.25, -0.2) is 0 Å². The van der Waals surface area contributed by atoms with Crippen LogP contribution in [0.1, 0.15) is 12.8 Å². The summed E-state index contributed by atoms with van der Waals surface area (Å²) in [6.07, 6.45) is 2.50. The molecule has 0 radical (unpaired) electrons. The minimum Gasteiger partial charge on any atom is -0.454 e. The molecule has 0 aliphatic carbocycles. The fourth-order valence-electron chi connectivity index (χ4n) is 2.45. The third-order valence-corrected chi connectivity index (χ3v) is 5.76. The number of likely N-dealkylation sites (N-methyl/N-ethyl adjacent to an activating group) is 2. The lowest BCUT2D eigenvalue weighted by atomic mass is 9.88. The molecule has 0 unspecified atom stereocenters. The topological polar surface area (TPSA) is 98.9 Å². The summed E-state index contributed by atoms with van der Waals surface area (Å²) >= 11 is 0. The Bertz CT molecular complexity index is 382. The number of nitrogens with two attached hydrogens (primary N) is 1. The van der Waals surface area contributed by atoms with E-state index in [1.54, 1.807) is 14.1 Å². The van der Waals surface area contributed by atoms with Gasteiger partial charge in [0, 0.05) is 39.3 Å².